The molecule has 0 bridgehead atoms. The Bertz CT molecular complexity index is 1420. The number of aromatic nitrogens is 3. The van der Waals surface area contributed by atoms with Crippen molar-refractivity contribution in [2.24, 2.45) is 0 Å². The van der Waals surface area contributed by atoms with E-state index >= 15 is 0 Å². The highest BCUT2D eigenvalue weighted by Crippen LogP contribution is 2.35. The fraction of sp³-hybridized carbons (Fsp3) is 0.250. The smallest absolute Gasteiger partial charge is 0.356 e. The Labute approximate surface area is 210 Å². The van der Waals surface area contributed by atoms with Crippen LogP contribution in [0.5, 0.6) is 6.01 Å². The number of aliphatic hydroxyl groups is 2. The number of hydrogen-bond donors (Lipinski definition) is 5. The largest absolute Gasteiger partial charge is 0.459 e. The molecule has 2 aromatic heterocycles. The van der Waals surface area contributed by atoms with E-state index in [1.54, 1.807) is 18.2 Å². The van der Waals surface area contributed by atoms with Crippen molar-refractivity contribution >= 4 is 35.7 Å². The summed E-state index contributed by atoms with van der Waals surface area (Å²) in [5, 5.41) is 19.6. The van der Waals surface area contributed by atoms with Crippen molar-refractivity contribution in [3.63, 3.8) is 0 Å². The van der Waals surface area contributed by atoms with Gasteiger partial charge in [0, 0.05) is 12.0 Å². The molecule has 10 nitrogen and oxygen atoms in total. The molecule has 4 aromatic rings. The van der Waals surface area contributed by atoms with Crippen molar-refractivity contribution < 1.29 is 34.0 Å². The van der Waals surface area contributed by atoms with Crippen LogP contribution in [0, 0.1) is 0 Å². The second kappa shape index (κ2) is 9.91. The van der Waals surface area contributed by atoms with E-state index in [1.807, 2.05) is 24.3 Å². The Hall–Kier alpha value is -2.82. The van der Waals surface area contributed by atoms with Gasteiger partial charge in [-0.05, 0) is 29.3 Å². The lowest BCUT2D eigenvalue weighted by molar-refractivity contribution is -0.131. The summed E-state index contributed by atoms with van der Waals surface area (Å²) in [7, 11) is -4.29. The van der Waals surface area contributed by atoms with Gasteiger partial charge >= 0.3 is 7.60 Å². The first-order chi connectivity index (χ1) is 17.2. The molecule has 36 heavy (non-hydrogen) atoms. The lowest BCUT2D eigenvalue weighted by Gasteiger charge is -2.31. The third-order valence-corrected chi connectivity index (χ3v) is 7.25. The molecular formula is C24H23ClN3O7P. The average molecular weight is 532 g/mol. The number of rotatable bonds is 6. The number of aromatic amines is 1. The molecule has 12 heteroatoms. The fourth-order valence-corrected chi connectivity index (χ4v) is 4.87. The van der Waals surface area contributed by atoms with Crippen molar-refractivity contribution in [3.8, 4) is 28.4 Å². The van der Waals surface area contributed by atoms with Crippen LogP contribution in [-0.2, 0) is 9.30 Å². The van der Waals surface area contributed by atoms with E-state index in [2.05, 4.69) is 15.0 Å². The highest BCUT2D eigenvalue weighted by molar-refractivity contribution is 7.60. The van der Waals surface area contributed by atoms with Crippen LogP contribution in [0.2, 0.25) is 5.02 Å². The average Bonchev–Trinajstić information content (AvgIpc) is 3.24. The number of H-pyrrole nitrogens is 1. The number of nitrogens with one attached hydrogen (secondary N) is 1. The highest BCUT2D eigenvalue weighted by atomic mass is 35.5. The van der Waals surface area contributed by atoms with Crippen molar-refractivity contribution in [1.82, 2.24) is 15.0 Å². The molecule has 0 radical (unpaired) electrons. The normalized spacial score (nSPS) is 20.5. The van der Waals surface area contributed by atoms with Crippen LogP contribution >= 0.6 is 19.2 Å². The van der Waals surface area contributed by atoms with Crippen LogP contribution in [0.1, 0.15) is 6.42 Å². The molecule has 188 valence electrons. The van der Waals surface area contributed by atoms with Gasteiger partial charge < -0.3 is 34.5 Å². The van der Waals surface area contributed by atoms with Crippen molar-refractivity contribution in [1.29, 1.82) is 0 Å². The number of benzene rings is 2. The van der Waals surface area contributed by atoms with Crippen LogP contribution < -0.4 is 10.0 Å². The first kappa shape index (κ1) is 24.9. The number of aliphatic hydroxyl groups excluding tert-OH is 2. The summed E-state index contributed by atoms with van der Waals surface area (Å²) in [6.07, 6.45) is -1.57. The number of hydrogen-bond acceptors (Lipinski definition) is 7. The lowest BCUT2D eigenvalue weighted by Crippen LogP contribution is -2.45. The van der Waals surface area contributed by atoms with Crippen molar-refractivity contribution in [3.05, 3.63) is 59.6 Å². The van der Waals surface area contributed by atoms with Gasteiger partial charge in [-0.2, -0.15) is 4.98 Å². The van der Waals surface area contributed by atoms with Gasteiger partial charge in [-0.1, -0.05) is 48.0 Å². The molecule has 3 heterocycles. The molecule has 1 unspecified atom stereocenters. The molecule has 2 aromatic carbocycles. The summed E-state index contributed by atoms with van der Waals surface area (Å²) in [6.45, 7) is -0.0409. The van der Waals surface area contributed by atoms with Crippen LogP contribution in [0.4, 0.5) is 0 Å². The monoisotopic (exact) mass is 531 g/mol. The minimum absolute atomic E-state index is 0.0314. The summed E-state index contributed by atoms with van der Waals surface area (Å²) in [6, 6.07) is 15.5. The van der Waals surface area contributed by atoms with Crippen LogP contribution in [-0.4, -0.2) is 66.5 Å². The van der Waals surface area contributed by atoms with Gasteiger partial charge in [0.05, 0.1) is 40.9 Å². The quantitative estimate of drug-likeness (QED) is 0.236. The van der Waals surface area contributed by atoms with E-state index < -0.39 is 25.9 Å². The topological polar surface area (TPSA) is 158 Å². The minimum Gasteiger partial charge on any atom is -0.459 e. The molecule has 5 rings (SSSR count). The van der Waals surface area contributed by atoms with E-state index in [4.69, 9.17) is 21.1 Å². The molecule has 1 fully saturated rings. The number of fused-ring (bicyclic) bond motifs is 1. The predicted octanol–water partition coefficient (Wildman–Crippen LogP) is 2.64. The van der Waals surface area contributed by atoms with Gasteiger partial charge in [0.2, 0.25) is 0 Å². The predicted molar refractivity (Wildman–Crippen MR) is 133 cm³/mol. The zero-order valence-corrected chi connectivity index (χ0v) is 20.4. The molecule has 1 aliphatic heterocycles. The van der Waals surface area contributed by atoms with E-state index in [1.165, 1.54) is 12.1 Å². The molecule has 0 amide bonds. The fourth-order valence-electron chi connectivity index (χ4n) is 4.07. The SMILES string of the molecule is O=P(O)(O)c1ccc(-c2ccc(-c3nc4nc(OC5CO[C@H](CO)[C@@H](O)C5)[nH]c4cc3Cl)cc2)cc1. The first-order valence-corrected chi connectivity index (χ1v) is 13.1. The van der Waals surface area contributed by atoms with Gasteiger partial charge in [-0.15, -0.1) is 0 Å². The van der Waals surface area contributed by atoms with E-state index in [9.17, 15) is 24.6 Å². The maximum absolute atomic E-state index is 11.4. The summed E-state index contributed by atoms with van der Waals surface area (Å²) < 4.78 is 22.6. The highest BCUT2D eigenvalue weighted by Gasteiger charge is 2.31. The van der Waals surface area contributed by atoms with Gasteiger partial charge in [0.15, 0.2) is 5.65 Å². The second-order valence-electron chi connectivity index (χ2n) is 8.50. The summed E-state index contributed by atoms with van der Waals surface area (Å²) in [5.41, 5.74) is 3.97. The molecule has 0 aliphatic carbocycles. The molecule has 0 spiro atoms. The minimum atomic E-state index is -4.29. The summed E-state index contributed by atoms with van der Waals surface area (Å²) in [4.78, 5) is 30.6. The Kier molecular flexibility index (Phi) is 6.84. The van der Waals surface area contributed by atoms with Crippen molar-refractivity contribution in [2.45, 2.75) is 24.7 Å². The third-order valence-electron chi connectivity index (χ3n) is 5.99. The number of pyridine rings is 1. The first-order valence-electron chi connectivity index (χ1n) is 11.1. The Morgan fingerprint density at radius 1 is 1.06 bits per heavy atom. The number of halogens is 1. The molecule has 3 atom stereocenters. The maximum atomic E-state index is 11.4. The molecular weight excluding hydrogens is 509 g/mol. The van der Waals surface area contributed by atoms with Crippen LogP contribution in [0.15, 0.2) is 54.6 Å². The maximum Gasteiger partial charge on any atom is 0.356 e. The van der Waals surface area contributed by atoms with Gasteiger partial charge in [0.25, 0.3) is 6.01 Å². The van der Waals surface area contributed by atoms with E-state index in [-0.39, 0.29) is 24.5 Å². The Balaban J connectivity index is 1.35. The van der Waals surface area contributed by atoms with E-state index in [0.717, 1.165) is 16.7 Å². The molecule has 1 aliphatic rings. The number of imidazole rings is 1. The van der Waals surface area contributed by atoms with Crippen LogP contribution in [0.3, 0.4) is 0 Å². The van der Waals surface area contributed by atoms with E-state index in [0.29, 0.717) is 28.3 Å². The van der Waals surface area contributed by atoms with Gasteiger partial charge in [-0.3, -0.25) is 4.57 Å². The van der Waals surface area contributed by atoms with Gasteiger partial charge in [-0.25, -0.2) is 4.98 Å². The number of nitrogens with zero attached hydrogens (tertiary/aromatic N) is 2. The third kappa shape index (κ3) is 5.16. The molecule has 1 saturated heterocycles. The summed E-state index contributed by atoms with van der Waals surface area (Å²) in [5.74, 6) is 0. The Morgan fingerprint density at radius 2 is 1.69 bits per heavy atom. The van der Waals surface area contributed by atoms with Crippen LogP contribution in [0.25, 0.3) is 33.5 Å². The zero-order valence-electron chi connectivity index (χ0n) is 18.8. The lowest BCUT2D eigenvalue weighted by atomic mass is 10.0. The summed E-state index contributed by atoms with van der Waals surface area (Å²) >= 11 is 6.51. The van der Waals surface area contributed by atoms with Crippen molar-refractivity contribution in [2.75, 3.05) is 13.2 Å². The van der Waals surface area contributed by atoms with Gasteiger partial charge in [0.1, 0.15) is 12.2 Å². The zero-order chi connectivity index (χ0) is 25.4. The molecule has 5 N–H and O–H groups in total. The Morgan fingerprint density at radius 3 is 2.31 bits per heavy atom. The standard InChI is InChI=1S/C24H23ClN3O7P/c25-18-10-19-23(28-24(26-19)35-16-9-20(30)21(11-29)34-12-16)27-22(18)15-3-1-13(2-4-15)14-5-7-17(8-6-14)36(31,32)33/h1-8,10,16,20-21,29-30H,9,11-12H2,(H,26,27,28)(H2,31,32,33)/t16?,20-,21+/m0/s1. The molecule has 0 saturated carbocycles. The number of ether oxygens (including phenoxy) is 2. The second-order valence-corrected chi connectivity index (χ2v) is 10.5.